The smallest absolute Gasteiger partial charge is 0.269 e. The average molecular weight is 296 g/mol. The maximum absolute atomic E-state index is 11.0. The van der Waals surface area contributed by atoms with Crippen LogP contribution in [-0.4, -0.2) is 11.0 Å². The molecule has 114 valence electrons. The molecule has 0 N–H and O–H groups in total. The molecule has 0 aliphatic carbocycles. The number of non-ortho nitro benzene ring substituents is 1. The molecule has 4 heteroatoms. The van der Waals surface area contributed by atoms with Crippen LogP contribution in [0.2, 0.25) is 0 Å². The third-order valence-corrected chi connectivity index (χ3v) is 4.38. The van der Waals surface area contributed by atoms with E-state index in [9.17, 15) is 10.1 Å². The summed E-state index contributed by atoms with van der Waals surface area (Å²) in [6, 6.07) is 16.0. The monoisotopic (exact) mass is 296 g/mol. The average Bonchev–Trinajstić information content (AvgIpc) is 2.86. The van der Waals surface area contributed by atoms with E-state index in [4.69, 9.17) is 0 Å². The van der Waals surface area contributed by atoms with E-state index in [0.717, 1.165) is 24.2 Å². The van der Waals surface area contributed by atoms with Crippen LogP contribution in [0.1, 0.15) is 25.0 Å². The fourth-order valence-corrected chi connectivity index (χ4v) is 3.22. The van der Waals surface area contributed by atoms with Crippen molar-refractivity contribution in [2.75, 3.05) is 4.90 Å². The molecule has 2 aromatic carbocycles. The summed E-state index contributed by atoms with van der Waals surface area (Å²) < 4.78 is 0. The van der Waals surface area contributed by atoms with Crippen molar-refractivity contribution in [3.8, 4) is 0 Å². The van der Waals surface area contributed by atoms with E-state index in [1.54, 1.807) is 12.1 Å². The van der Waals surface area contributed by atoms with Gasteiger partial charge in [-0.05, 0) is 29.5 Å². The lowest BCUT2D eigenvalue weighted by molar-refractivity contribution is -0.384. The van der Waals surface area contributed by atoms with Crippen LogP contribution in [0.5, 0.6) is 0 Å². The minimum Gasteiger partial charge on any atom is -0.363 e. The van der Waals surface area contributed by atoms with Crippen molar-refractivity contribution in [1.29, 1.82) is 0 Å². The van der Waals surface area contributed by atoms with Crippen LogP contribution in [0.25, 0.3) is 0 Å². The molecule has 0 fully saturated rings. The second kappa shape index (κ2) is 5.79. The molecule has 3 rings (SSSR count). The Kier molecular flexibility index (Phi) is 3.84. The third kappa shape index (κ3) is 2.69. The molecule has 0 amide bonds. The lowest BCUT2D eigenvalue weighted by Gasteiger charge is -2.30. The largest absolute Gasteiger partial charge is 0.363 e. The van der Waals surface area contributed by atoms with Gasteiger partial charge in [0.05, 0.1) is 4.92 Å². The normalized spacial score (nSPS) is 16.9. The molecule has 0 saturated carbocycles. The predicted octanol–water partition coefficient (Wildman–Crippen LogP) is 4.18. The molecular formula is C18H20N2O2. The van der Waals surface area contributed by atoms with E-state index in [0.29, 0.717) is 12.0 Å². The number of fused-ring (bicyclic) bond motifs is 1. The highest BCUT2D eigenvalue weighted by atomic mass is 16.6. The fourth-order valence-electron chi connectivity index (χ4n) is 3.22. The van der Waals surface area contributed by atoms with Gasteiger partial charge in [0.1, 0.15) is 0 Å². The van der Waals surface area contributed by atoms with Gasteiger partial charge in [-0.3, -0.25) is 10.1 Å². The lowest BCUT2D eigenvalue weighted by atomic mass is 9.99. The molecular weight excluding hydrogens is 276 g/mol. The van der Waals surface area contributed by atoms with Crippen molar-refractivity contribution in [3.05, 3.63) is 69.8 Å². The predicted molar refractivity (Wildman–Crippen MR) is 88.1 cm³/mol. The number of hydrogen-bond donors (Lipinski definition) is 0. The van der Waals surface area contributed by atoms with Crippen molar-refractivity contribution in [3.63, 3.8) is 0 Å². The van der Waals surface area contributed by atoms with Crippen molar-refractivity contribution < 1.29 is 4.92 Å². The van der Waals surface area contributed by atoms with Crippen LogP contribution >= 0.6 is 0 Å². The Morgan fingerprint density at radius 1 is 1.23 bits per heavy atom. The van der Waals surface area contributed by atoms with Crippen molar-refractivity contribution >= 4 is 11.4 Å². The second-order valence-corrected chi connectivity index (χ2v) is 6.20. The fraction of sp³-hybridized carbons (Fsp3) is 0.333. The van der Waals surface area contributed by atoms with E-state index in [2.05, 4.69) is 30.9 Å². The quantitative estimate of drug-likeness (QED) is 0.628. The first-order valence-electron chi connectivity index (χ1n) is 7.64. The number of benzene rings is 2. The molecule has 4 nitrogen and oxygen atoms in total. The second-order valence-electron chi connectivity index (χ2n) is 6.20. The van der Waals surface area contributed by atoms with Gasteiger partial charge in [-0.25, -0.2) is 0 Å². The zero-order valence-corrected chi connectivity index (χ0v) is 12.9. The highest BCUT2D eigenvalue weighted by molar-refractivity contribution is 5.63. The Morgan fingerprint density at radius 3 is 2.59 bits per heavy atom. The Morgan fingerprint density at radius 2 is 1.95 bits per heavy atom. The van der Waals surface area contributed by atoms with Gasteiger partial charge in [0.2, 0.25) is 0 Å². The van der Waals surface area contributed by atoms with Crippen LogP contribution in [0.15, 0.2) is 48.5 Å². The zero-order chi connectivity index (χ0) is 15.7. The van der Waals surface area contributed by atoms with Crippen LogP contribution in [-0.2, 0) is 13.0 Å². The van der Waals surface area contributed by atoms with E-state index < -0.39 is 0 Å². The summed E-state index contributed by atoms with van der Waals surface area (Å²) in [5.41, 5.74) is 3.67. The molecule has 22 heavy (non-hydrogen) atoms. The van der Waals surface area contributed by atoms with Gasteiger partial charge in [-0.15, -0.1) is 0 Å². The summed E-state index contributed by atoms with van der Waals surface area (Å²) >= 11 is 0. The standard InChI is InChI=1S/C18H20N2O2/c1-13(2)18-11-15-10-16(20(21)22)8-9-17(15)19(18)12-14-6-4-3-5-7-14/h3-10,13,18H,11-12H2,1-2H3/t18-/m1/s1. The van der Waals surface area contributed by atoms with Gasteiger partial charge in [0, 0.05) is 30.4 Å². The SMILES string of the molecule is CC(C)[C@H]1Cc2cc([N+](=O)[O-])ccc2N1Cc1ccccc1. The Bertz CT molecular complexity index is 683. The van der Waals surface area contributed by atoms with E-state index in [1.165, 1.54) is 5.56 Å². The van der Waals surface area contributed by atoms with Crippen LogP contribution < -0.4 is 4.90 Å². The molecule has 1 atom stereocenters. The molecule has 1 aliphatic heterocycles. The van der Waals surface area contributed by atoms with Crippen molar-refractivity contribution in [2.24, 2.45) is 5.92 Å². The Hall–Kier alpha value is -2.36. The van der Waals surface area contributed by atoms with E-state index in [-0.39, 0.29) is 10.6 Å². The summed E-state index contributed by atoms with van der Waals surface area (Å²) in [6.45, 7) is 5.26. The number of nitrogens with zero attached hydrogens (tertiary/aromatic N) is 2. The zero-order valence-electron chi connectivity index (χ0n) is 12.9. The third-order valence-electron chi connectivity index (χ3n) is 4.38. The topological polar surface area (TPSA) is 46.4 Å². The van der Waals surface area contributed by atoms with Gasteiger partial charge in [-0.1, -0.05) is 44.2 Å². The summed E-state index contributed by atoms with van der Waals surface area (Å²) in [5.74, 6) is 0.496. The Labute approximate surface area is 130 Å². The molecule has 0 radical (unpaired) electrons. The summed E-state index contributed by atoms with van der Waals surface area (Å²) in [7, 11) is 0. The minimum absolute atomic E-state index is 0.183. The van der Waals surface area contributed by atoms with Crippen LogP contribution in [0, 0.1) is 16.0 Å². The summed E-state index contributed by atoms with van der Waals surface area (Å²) in [5, 5.41) is 11.0. The van der Waals surface area contributed by atoms with Gasteiger partial charge < -0.3 is 4.90 Å². The molecule has 0 unspecified atom stereocenters. The molecule has 1 heterocycles. The van der Waals surface area contributed by atoms with Gasteiger partial charge >= 0.3 is 0 Å². The maximum Gasteiger partial charge on any atom is 0.269 e. The number of nitro groups is 1. The molecule has 0 aromatic heterocycles. The maximum atomic E-state index is 11.0. The molecule has 0 saturated heterocycles. The first-order valence-corrected chi connectivity index (χ1v) is 7.64. The van der Waals surface area contributed by atoms with Gasteiger partial charge in [-0.2, -0.15) is 0 Å². The molecule has 1 aliphatic rings. The highest BCUT2D eigenvalue weighted by Crippen LogP contribution is 2.38. The number of hydrogen-bond acceptors (Lipinski definition) is 3. The van der Waals surface area contributed by atoms with Gasteiger partial charge in [0.25, 0.3) is 5.69 Å². The van der Waals surface area contributed by atoms with E-state index >= 15 is 0 Å². The Balaban J connectivity index is 1.95. The number of anilines is 1. The van der Waals surface area contributed by atoms with Gasteiger partial charge in [0.15, 0.2) is 0 Å². The summed E-state index contributed by atoms with van der Waals surface area (Å²) in [6.07, 6.45) is 0.877. The molecule has 0 bridgehead atoms. The number of nitro benzene ring substituents is 1. The van der Waals surface area contributed by atoms with Crippen molar-refractivity contribution in [2.45, 2.75) is 32.9 Å². The lowest BCUT2D eigenvalue weighted by Crippen LogP contribution is -2.35. The summed E-state index contributed by atoms with van der Waals surface area (Å²) in [4.78, 5) is 13.1. The number of rotatable bonds is 4. The first-order chi connectivity index (χ1) is 10.6. The van der Waals surface area contributed by atoms with E-state index in [1.807, 2.05) is 24.3 Å². The van der Waals surface area contributed by atoms with Crippen LogP contribution in [0.4, 0.5) is 11.4 Å². The van der Waals surface area contributed by atoms with Crippen LogP contribution in [0.3, 0.4) is 0 Å². The van der Waals surface area contributed by atoms with Crippen molar-refractivity contribution in [1.82, 2.24) is 0 Å². The first kappa shape index (κ1) is 14.6. The molecule has 0 spiro atoms. The highest BCUT2D eigenvalue weighted by Gasteiger charge is 2.32. The minimum atomic E-state index is -0.315. The molecule has 2 aromatic rings.